The van der Waals surface area contributed by atoms with Crippen molar-refractivity contribution in [1.29, 1.82) is 0 Å². The topological polar surface area (TPSA) is 47.0 Å². The number of nitrogens with one attached hydrogen (secondary N) is 1. The summed E-state index contributed by atoms with van der Waals surface area (Å²) in [5.74, 6) is 1.02. The molecule has 0 saturated heterocycles. The number of rotatable bonds is 2. The first-order valence-electron chi connectivity index (χ1n) is 6.19. The number of halogens is 1. The van der Waals surface area contributed by atoms with E-state index in [-0.39, 0.29) is 5.82 Å². The lowest BCUT2D eigenvalue weighted by Crippen LogP contribution is -2.16. The minimum Gasteiger partial charge on any atom is -0.376 e. The zero-order chi connectivity index (χ0) is 13.2. The van der Waals surface area contributed by atoms with Crippen LogP contribution in [0.4, 0.5) is 10.2 Å². The van der Waals surface area contributed by atoms with E-state index < -0.39 is 0 Å². The maximum atomic E-state index is 13.3. The van der Waals surface area contributed by atoms with E-state index in [4.69, 9.17) is 4.74 Å². The fourth-order valence-corrected chi connectivity index (χ4v) is 2.20. The third kappa shape index (κ3) is 2.29. The van der Waals surface area contributed by atoms with Crippen LogP contribution >= 0.6 is 0 Å². The van der Waals surface area contributed by atoms with Crippen LogP contribution in [-0.4, -0.2) is 23.6 Å². The summed E-state index contributed by atoms with van der Waals surface area (Å²) in [6, 6.07) is 6.33. The van der Waals surface area contributed by atoms with Crippen LogP contribution in [0.1, 0.15) is 11.3 Å². The predicted octanol–water partition coefficient (Wildman–Crippen LogP) is 2.40. The molecule has 0 fully saturated rings. The molecule has 0 radical (unpaired) electrons. The van der Waals surface area contributed by atoms with E-state index in [1.807, 2.05) is 13.1 Å². The van der Waals surface area contributed by atoms with Crippen LogP contribution in [0.5, 0.6) is 0 Å². The van der Waals surface area contributed by atoms with Crippen molar-refractivity contribution in [1.82, 2.24) is 9.97 Å². The van der Waals surface area contributed by atoms with Gasteiger partial charge in [0.2, 0.25) is 0 Å². The van der Waals surface area contributed by atoms with Gasteiger partial charge in [0.25, 0.3) is 0 Å². The molecule has 0 amide bonds. The van der Waals surface area contributed by atoms with Crippen LogP contribution in [0, 0.1) is 5.82 Å². The standard InChI is InChI=1S/C14H14FN3O/c1-16-14-11-8-19-6-5-12(11)17-13(18-14)9-3-2-4-10(15)7-9/h2-4,7H,5-6,8H2,1H3,(H,16,17,18). The van der Waals surface area contributed by atoms with Crippen LogP contribution in [0.2, 0.25) is 0 Å². The molecule has 0 aliphatic carbocycles. The molecule has 1 aliphatic rings. The number of aromatic nitrogens is 2. The summed E-state index contributed by atoms with van der Waals surface area (Å²) in [7, 11) is 1.81. The Hall–Kier alpha value is -2.01. The molecule has 1 N–H and O–H groups in total. The van der Waals surface area contributed by atoms with Gasteiger partial charge in [0.15, 0.2) is 5.82 Å². The van der Waals surface area contributed by atoms with Gasteiger partial charge in [-0.1, -0.05) is 12.1 Å². The number of nitrogens with zero attached hydrogens (tertiary/aromatic N) is 2. The summed E-state index contributed by atoms with van der Waals surface area (Å²) in [5, 5.41) is 3.06. The molecular formula is C14H14FN3O. The highest BCUT2D eigenvalue weighted by atomic mass is 19.1. The molecule has 2 heterocycles. The van der Waals surface area contributed by atoms with E-state index >= 15 is 0 Å². The van der Waals surface area contributed by atoms with Crippen molar-refractivity contribution < 1.29 is 9.13 Å². The highest BCUT2D eigenvalue weighted by Gasteiger charge is 2.18. The fraction of sp³-hybridized carbons (Fsp3) is 0.286. The van der Waals surface area contributed by atoms with Gasteiger partial charge in [0.1, 0.15) is 11.6 Å². The number of fused-ring (bicyclic) bond motifs is 1. The SMILES string of the molecule is CNc1nc(-c2cccc(F)c2)nc2c1COCC2. The Labute approximate surface area is 110 Å². The molecule has 0 atom stereocenters. The largest absolute Gasteiger partial charge is 0.376 e. The number of benzene rings is 1. The highest BCUT2D eigenvalue weighted by molar-refractivity contribution is 5.60. The molecule has 0 saturated carbocycles. The van der Waals surface area contributed by atoms with Crippen LogP contribution in [0.3, 0.4) is 0 Å². The van der Waals surface area contributed by atoms with Gasteiger partial charge in [-0.15, -0.1) is 0 Å². The first-order valence-corrected chi connectivity index (χ1v) is 6.19. The maximum absolute atomic E-state index is 13.3. The highest BCUT2D eigenvalue weighted by Crippen LogP contribution is 2.26. The van der Waals surface area contributed by atoms with E-state index in [0.29, 0.717) is 24.6 Å². The zero-order valence-electron chi connectivity index (χ0n) is 10.6. The minimum atomic E-state index is -0.284. The number of hydrogen-bond acceptors (Lipinski definition) is 4. The van der Waals surface area contributed by atoms with Crippen molar-refractivity contribution >= 4 is 5.82 Å². The van der Waals surface area contributed by atoms with Crippen molar-refractivity contribution in [3.8, 4) is 11.4 Å². The second-order valence-corrected chi connectivity index (χ2v) is 4.38. The average molecular weight is 259 g/mol. The summed E-state index contributed by atoms with van der Waals surface area (Å²) >= 11 is 0. The summed E-state index contributed by atoms with van der Waals surface area (Å²) in [5.41, 5.74) is 2.66. The van der Waals surface area contributed by atoms with E-state index in [1.54, 1.807) is 6.07 Å². The van der Waals surface area contributed by atoms with Gasteiger partial charge in [-0.3, -0.25) is 0 Å². The smallest absolute Gasteiger partial charge is 0.161 e. The summed E-state index contributed by atoms with van der Waals surface area (Å²) in [6.07, 6.45) is 0.759. The summed E-state index contributed by atoms with van der Waals surface area (Å²) < 4.78 is 18.7. The second-order valence-electron chi connectivity index (χ2n) is 4.38. The molecule has 3 rings (SSSR count). The first kappa shape index (κ1) is 12.0. The van der Waals surface area contributed by atoms with Crippen molar-refractivity contribution in [3.05, 3.63) is 41.3 Å². The molecule has 0 bridgehead atoms. The van der Waals surface area contributed by atoms with Gasteiger partial charge in [-0.2, -0.15) is 0 Å². The molecule has 0 spiro atoms. The Bertz CT molecular complexity index is 598. The Morgan fingerprint density at radius 3 is 3.00 bits per heavy atom. The van der Waals surface area contributed by atoms with E-state index in [0.717, 1.165) is 23.5 Å². The Morgan fingerprint density at radius 1 is 1.32 bits per heavy atom. The molecule has 5 heteroatoms. The number of ether oxygens (including phenoxy) is 1. The van der Waals surface area contributed by atoms with Gasteiger partial charge in [-0.25, -0.2) is 14.4 Å². The van der Waals surface area contributed by atoms with E-state index in [2.05, 4.69) is 15.3 Å². The van der Waals surface area contributed by atoms with Gasteiger partial charge < -0.3 is 10.1 Å². The molecule has 1 aromatic carbocycles. The molecule has 1 aromatic heterocycles. The molecule has 1 aliphatic heterocycles. The van der Waals surface area contributed by atoms with Crippen LogP contribution < -0.4 is 5.32 Å². The lowest BCUT2D eigenvalue weighted by molar-refractivity contribution is 0.109. The lowest BCUT2D eigenvalue weighted by Gasteiger charge is -2.19. The summed E-state index contributed by atoms with van der Waals surface area (Å²) in [6.45, 7) is 1.19. The summed E-state index contributed by atoms with van der Waals surface area (Å²) in [4.78, 5) is 8.98. The second kappa shape index (κ2) is 4.93. The minimum absolute atomic E-state index is 0.284. The maximum Gasteiger partial charge on any atom is 0.161 e. The zero-order valence-corrected chi connectivity index (χ0v) is 10.6. The van der Waals surface area contributed by atoms with Gasteiger partial charge in [0.05, 0.1) is 18.9 Å². The third-order valence-electron chi connectivity index (χ3n) is 3.14. The Morgan fingerprint density at radius 2 is 2.21 bits per heavy atom. The Kier molecular flexibility index (Phi) is 3.13. The van der Waals surface area contributed by atoms with Gasteiger partial charge >= 0.3 is 0 Å². The fourth-order valence-electron chi connectivity index (χ4n) is 2.20. The van der Waals surface area contributed by atoms with Crippen molar-refractivity contribution in [3.63, 3.8) is 0 Å². The molecule has 98 valence electrons. The van der Waals surface area contributed by atoms with Crippen molar-refractivity contribution in [2.24, 2.45) is 0 Å². The van der Waals surface area contributed by atoms with Gasteiger partial charge in [0, 0.05) is 24.6 Å². The molecule has 0 unspecified atom stereocenters. The molecule has 4 nitrogen and oxygen atoms in total. The number of hydrogen-bond donors (Lipinski definition) is 1. The third-order valence-corrected chi connectivity index (χ3v) is 3.14. The van der Waals surface area contributed by atoms with Crippen LogP contribution in [-0.2, 0) is 17.8 Å². The lowest BCUT2D eigenvalue weighted by atomic mass is 10.1. The Balaban J connectivity index is 2.12. The first-order chi connectivity index (χ1) is 9.28. The predicted molar refractivity (Wildman–Crippen MR) is 70.3 cm³/mol. The van der Waals surface area contributed by atoms with E-state index in [9.17, 15) is 4.39 Å². The number of anilines is 1. The quantitative estimate of drug-likeness (QED) is 0.899. The monoisotopic (exact) mass is 259 g/mol. The molecular weight excluding hydrogens is 245 g/mol. The van der Waals surface area contributed by atoms with Crippen LogP contribution in [0.25, 0.3) is 11.4 Å². The van der Waals surface area contributed by atoms with Crippen LogP contribution in [0.15, 0.2) is 24.3 Å². The van der Waals surface area contributed by atoms with Gasteiger partial charge in [-0.05, 0) is 12.1 Å². The van der Waals surface area contributed by atoms with E-state index in [1.165, 1.54) is 12.1 Å². The van der Waals surface area contributed by atoms with Crippen molar-refractivity contribution in [2.45, 2.75) is 13.0 Å². The molecule has 19 heavy (non-hydrogen) atoms. The average Bonchev–Trinajstić information content (AvgIpc) is 2.46. The van der Waals surface area contributed by atoms with Crippen molar-refractivity contribution in [2.75, 3.05) is 19.0 Å². The molecule has 2 aromatic rings. The normalized spacial score (nSPS) is 14.0.